The van der Waals surface area contributed by atoms with E-state index in [4.69, 9.17) is 9.84 Å². The summed E-state index contributed by atoms with van der Waals surface area (Å²) < 4.78 is 5.18. The number of amides is 2. The number of hydrogen-bond donors (Lipinski definition) is 1. The van der Waals surface area contributed by atoms with Gasteiger partial charge >= 0.3 is 0 Å². The smallest absolute Gasteiger partial charge is 0.227 e. The number of piperidine rings is 2. The summed E-state index contributed by atoms with van der Waals surface area (Å²) in [6, 6.07) is 7.90. The number of carbonyl (C=O) groups is 2. The fourth-order valence-corrected chi connectivity index (χ4v) is 4.27. The van der Waals surface area contributed by atoms with Gasteiger partial charge in [0.05, 0.1) is 13.0 Å². The first-order valence-electron chi connectivity index (χ1n) is 10.4. The molecule has 2 aliphatic rings. The predicted octanol–water partition coefficient (Wildman–Crippen LogP) is 2.10. The van der Waals surface area contributed by atoms with E-state index < -0.39 is 0 Å². The molecule has 2 heterocycles. The van der Waals surface area contributed by atoms with Gasteiger partial charge in [0.2, 0.25) is 11.8 Å². The molecule has 0 spiro atoms. The van der Waals surface area contributed by atoms with Crippen molar-refractivity contribution in [2.24, 2.45) is 11.8 Å². The SMILES string of the molecule is COc1ccc(CCN2C[C@@H](C(=O)N3CCC(CCO)CC3)CCC2=O)cc1. The van der Waals surface area contributed by atoms with Gasteiger partial charge in [-0.1, -0.05) is 12.1 Å². The van der Waals surface area contributed by atoms with Crippen molar-refractivity contribution in [3.63, 3.8) is 0 Å². The van der Waals surface area contributed by atoms with E-state index >= 15 is 0 Å². The molecule has 0 saturated carbocycles. The van der Waals surface area contributed by atoms with Crippen LogP contribution in [-0.4, -0.2) is 66.6 Å². The summed E-state index contributed by atoms with van der Waals surface area (Å²) in [6.45, 7) is 2.96. The lowest BCUT2D eigenvalue weighted by molar-refractivity contribution is -0.144. The molecule has 1 atom stereocenters. The lowest BCUT2D eigenvalue weighted by atomic mass is 9.91. The van der Waals surface area contributed by atoms with E-state index in [9.17, 15) is 9.59 Å². The quantitative estimate of drug-likeness (QED) is 0.777. The van der Waals surface area contributed by atoms with Crippen molar-refractivity contribution in [2.45, 2.75) is 38.5 Å². The number of aliphatic hydroxyl groups is 1. The molecule has 2 aliphatic heterocycles. The maximum atomic E-state index is 12.9. The number of ether oxygens (including phenoxy) is 1. The first-order chi connectivity index (χ1) is 13.6. The van der Waals surface area contributed by atoms with E-state index in [1.54, 1.807) is 7.11 Å². The van der Waals surface area contributed by atoms with Crippen LogP contribution in [0, 0.1) is 11.8 Å². The zero-order valence-corrected chi connectivity index (χ0v) is 16.8. The van der Waals surface area contributed by atoms with Gasteiger partial charge in [-0.05, 0) is 55.7 Å². The Morgan fingerprint density at radius 2 is 1.89 bits per heavy atom. The number of hydrogen-bond acceptors (Lipinski definition) is 4. The monoisotopic (exact) mass is 388 g/mol. The van der Waals surface area contributed by atoms with Crippen LogP contribution in [0.25, 0.3) is 0 Å². The van der Waals surface area contributed by atoms with Crippen LogP contribution in [0.1, 0.15) is 37.7 Å². The van der Waals surface area contributed by atoms with E-state index in [2.05, 4.69) is 0 Å². The Kier molecular flexibility index (Phi) is 7.31. The molecule has 1 aromatic carbocycles. The van der Waals surface area contributed by atoms with Gasteiger partial charge in [0.1, 0.15) is 5.75 Å². The minimum absolute atomic E-state index is 0.0806. The highest BCUT2D eigenvalue weighted by Crippen LogP contribution is 2.25. The van der Waals surface area contributed by atoms with Crippen LogP contribution in [0.15, 0.2) is 24.3 Å². The molecule has 1 N–H and O–H groups in total. The summed E-state index contributed by atoms with van der Waals surface area (Å²) in [5, 5.41) is 9.09. The van der Waals surface area contributed by atoms with Gasteiger partial charge in [-0.25, -0.2) is 0 Å². The number of rotatable bonds is 7. The van der Waals surface area contributed by atoms with Crippen molar-refractivity contribution in [1.29, 1.82) is 0 Å². The Labute approximate surface area is 167 Å². The molecule has 3 rings (SSSR count). The number of carbonyl (C=O) groups excluding carboxylic acids is 2. The highest BCUT2D eigenvalue weighted by Gasteiger charge is 2.33. The van der Waals surface area contributed by atoms with Crippen LogP contribution in [-0.2, 0) is 16.0 Å². The van der Waals surface area contributed by atoms with Crippen molar-refractivity contribution in [3.05, 3.63) is 29.8 Å². The molecule has 154 valence electrons. The normalized spacial score (nSPS) is 21.1. The zero-order valence-electron chi connectivity index (χ0n) is 16.8. The minimum atomic E-state index is -0.0806. The van der Waals surface area contributed by atoms with Gasteiger partial charge in [-0.2, -0.15) is 0 Å². The summed E-state index contributed by atoms with van der Waals surface area (Å²) in [5.41, 5.74) is 1.16. The maximum absolute atomic E-state index is 12.9. The Bertz CT molecular complexity index is 653. The first kappa shape index (κ1) is 20.6. The molecule has 28 heavy (non-hydrogen) atoms. The molecule has 0 aromatic heterocycles. The van der Waals surface area contributed by atoms with E-state index in [1.807, 2.05) is 34.1 Å². The first-order valence-corrected chi connectivity index (χ1v) is 10.4. The number of likely N-dealkylation sites (tertiary alicyclic amines) is 2. The average Bonchev–Trinajstić information content (AvgIpc) is 2.74. The lowest BCUT2D eigenvalue weighted by Crippen LogP contribution is -2.49. The van der Waals surface area contributed by atoms with Gasteiger partial charge in [-0.3, -0.25) is 9.59 Å². The van der Waals surface area contributed by atoms with Gasteiger partial charge in [0.15, 0.2) is 0 Å². The fraction of sp³-hybridized carbons (Fsp3) is 0.636. The maximum Gasteiger partial charge on any atom is 0.227 e. The van der Waals surface area contributed by atoms with Crippen LogP contribution in [0.3, 0.4) is 0 Å². The summed E-state index contributed by atoms with van der Waals surface area (Å²) in [6.07, 6.45) is 4.67. The van der Waals surface area contributed by atoms with E-state index in [-0.39, 0.29) is 24.3 Å². The van der Waals surface area contributed by atoms with Gasteiger partial charge in [-0.15, -0.1) is 0 Å². The summed E-state index contributed by atoms with van der Waals surface area (Å²) in [7, 11) is 1.65. The van der Waals surface area contributed by atoms with Crippen LogP contribution >= 0.6 is 0 Å². The largest absolute Gasteiger partial charge is 0.497 e. The van der Waals surface area contributed by atoms with Crippen LogP contribution in [0.2, 0.25) is 0 Å². The third kappa shape index (κ3) is 5.25. The highest BCUT2D eigenvalue weighted by atomic mass is 16.5. The molecule has 2 amide bonds. The van der Waals surface area contributed by atoms with Crippen LogP contribution in [0.5, 0.6) is 5.75 Å². The van der Waals surface area contributed by atoms with Crippen molar-refractivity contribution in [3.8, 4) is 5.75 Å². The van der Waals surface area contributed by atoms with E-state index in [0.717, 1.165) is 50.1 Å². The topological polar surface area (TPSA) is 70.1 Å². The second kappa shape index (κ2) is 9.92. The highest BCUT2D eigenvalue weighted by molar-refractivity contribution is 5.84. The lowest BCUT2D eigenvalue weighted by Gasteiger charge is -2.37. The number of benzene rings is 1. The average molecular weight is 389 g/mol. The van der Waals surface area contributed by atoms with Gasteiger partial charge in [0.25, 0.3) is 0 Å². The number of nitrogens with zero attached hydrogens (tertiary/aromatic N) is 2. The number of methoxy groups -OCH3 is 1. The third-order valence-corrected chi connectivity index (χ3v) is 6.14. The molecular weight excluding hydrogens is 356 g/mol. The standard InChI is InChI=1S/C22H32N2O4/c1-28-20-5-2-17(3-6-20)10-14-24-16-19(4-7-21(24)26)22(27)23-12-8-18(9-13-23)11-15-25/h2-3,5-6,18-19,25H,4,7-16H2,1H3/t19-/m0/s1. The second-order valence-corrected chi connectivity index (χ2v) is 7.95. The second-order valence-electron chi connectivity index (χ2n) is 7.95. The van der Waals surface area contributed by atoms with E-state index in [0.29, 0.717) is 31.8 Å². The summed E-state index contributed by atoms with van der Waals surface area (Å²) in [4.78, 5) is 29.1. The Balaban J connectivity index is 1.50. The molecule has 2 saturated heterocycles. The van der Waals surface area contributed by atoms with Crippen molar-refractivity contribution >= 4 is 11.8 Å². The minimum Gasteiger partial charge on any atom is -0.497 e. The van der Waals surface area contributed by atoms with E-state index in [1.165, 1.54) is 0 Å². The van der Waals surface area contributed by atoms with Crippen LogP contribution < -0.4 is 4.74 Å². The zero-order chi connectivity index (χ0) is 19.9. The molecule has 6 heteroatoms. The van der Waals surface area contributed by atoms with Gasteiger partial charge < -0.3 is 19.6 Å². The summed E-state index contributed by atoms with van der Waals surface area (Å²) >= 11 is 0. The van der Waals surface area contributed by atoms with Crippen molar-refractivity contribution in [1.82, 2.24) is 9.80 Å². The third-order valence-electron chi connectivity index (χ3n) is 6.14. The molecular formula is C22H32N2O4. The van der Waals surface area contributed by atoms with Crippen molar-refractivity contribution < 1.29 is 19.4 Å². The fourth-order valence-electron chi connectivity index (χ4n) is 4.27. The Morgan fingerprint density at radius 1 is 1.18 bits per heavy atom. The molecule has 0 unspecified atom stereocenters. The Hall–Kier alpha value is -2.08. The molecule has 0 bridgehead atoms. The molecule has 0 radical (unpaired) electrons. The van der Waals surface area contributed by atoms with Crippen LogP contribution in [0.4, 0.5) is 0 Å². The predicted molar refractivity (Wildman–Crippen MR) is 107 cm³/mol. The molecule has 0 aliphatic carbocycles. The summed E-state index contributed by atoms with van der Waals surface area (Å²) in [5.74, 6) is 1.63. The Morgan fingerprint density at radius 3 is 2.54 bits per heavy atom. The van der Waals surface area contributed by atoms with Crippen molar-refractivity contribution in [2.75, 3.05) is 39.9 Å². The molecule has 2 fully saturated rings. The number of aliphatic hydroxyl groups excluding tert-OH is 1. The molecule has 6 nitrogen and oxygen atoms in total. The van der Waals surface area contributed by atoms with Gasteiger partial charge in [0, 0.05) is 39.2 Å². The molecule has 1 aromatic rings.